The smallest absolute Gasteiger partial charge is 0.0199 e. The summed E-state index contributed by atoms with van der Waals surface area (Å²) in [6, 6.07) is 0. The van der Waals surface area contributed by atoms with E-state index in [2.05, 4.69) is 31.2 Å². The van der Waals surface area contributed by atoms with Crippen LogP contribution in [0.5, 0.6) is 0 Å². The van der Waals surface area contributed by atoms with Crippen molar-refractivity contribution < 1.29 is 0 Å². The fourth-order valence-corrected chi connectivity index (χ4v) is 2.80. The minimum absolute atomic E-state index is 0. The summed E-state index contributed by atoms with van der Waals surface area (Å²) in [6.45, 7) is 2.39. The maximum Gasteiger partial charge on any atom is -0.0199 e. The Morgan fingerprint density at radius 3 is 2.64 bits per heavy atom. The van der Waals surface area contributed by atoms with E-state index in [1.54, 1.807) is 0 Å². The van der Waals surface area contributed by atoms with Gasteiger partial charge in [0.15, 0.2) is 0 Å². The molecule has 0 bridgehead atoms. The second-order valence-corrected chi connectivity index (χ2v) is 4.55. The second-order valence-electron chi connectivity index (χ2n) is 4.55. The Morgan fingerprint density at radius 1 is 1.00 bits per heavy atom. The van der Waals surface area contributed by atoms with Gasteiger partial charge >= 0.3 is 0 Å². The molecular formula is C14H24. The third-order valence-corrected chi connectivity index (χ3v) is 3.62. The first-order valence-corrected chi connectivity index (χ1v) is 5.71. The average molecular weight is 192 g/mol. The van der Waals surface area contributed by atoms with Gasteiger partial charge in [-0.05, 0) is 49.9 Å². The van der Waals surface area contributed by atoms with Gasteiger partial charge in [-0.1, -0.05) is 38.7 Å². The van der Waals surface area contributed by atoms with Gasteiger partial charge in [0, 0.05) is 0 Å². The predicted molar refractivity (Wildman–Crippen MR) is 64.2 cm³/mol. The van der Waals surface area contributed by atoms with Crippen LogP contribution in [0.3, 0.4) is 0 Å². The molecule has 0 aromatic heterocycles. The molecule has 3 unspecified atom stereocenters. The summed E-state index contributed by atoms with van der Waals surface area (Å²) in [7, 11) is 0. The largest absolute Gasteiger partial charge is 0.0883 e. The van der Waals surface area contributed by atoms with Crippen molar-refractivity contribution in [2.75, 3.05) is 0 Å². The van der Waals surface area contributed by atoms with Crippen LogP contribution in [-0.4, -0.2) is 0 Å². The Balaban J connectivity index is 0.000000980. The lowest BCUT2D eigenvalue weighted by Crippen LogP contribution is -2.22. The van der Waals surface area contributed by atoms with E-state index in [0.29, 0.717) is 0 Å². The van der Waals surface area contributed by atoms with E-state index in [4.69, 9.17) is 0 Å². The zero-order chi connectivity index (χ0) is 9.10. The number of hydrogen-bond donors (Lipinski definition) is 0. The summed E-state index contributed by atoms with van der Waals surface area (Å²) in [5.74, 6) is 2.62. The minimum Gasteiger partial charge on any atom is -0.0883 e. The van der Waals surface area contributed by atoms with E-state index in [-0.39, 0.29) is 7.43 Å². The van der Waals surface area contributed by atoms with Gasteiger partial charge in [0.25, 0.3) is 0 Å². The van der Waals surface area contributed by atoms with E-state index in [9.17, 15) is 0 Å². The van der Waals surface area contributed by atoms with Gasteiger partial charge in [-0.2, -0.15) is 0 Å². The SMILES string of the molecule is C.CC1C=CCCCC2C=CCCC12. The molecule has 14 heavy (non-hydrogen) atoms. The molecule has 2 aliphatic carbocycles. The Morgan fingerprint density at radius 2 is 1.79 bits per heavy atom. The molecule has 3 atom stereocenters. The van der Waals surface area contributed by atoms with Crippen LogP contribution < -0.4 is 0 Å². The Bertz CT molecular complexity index is 212. The van der Waals surface area contributed by atoms with Crippen LogP contribution in [0.15, 0.2) is 24.3 Å². The fraction of sp³-hybridized carbons (Fsp3) is 0.714. The number of allylic oxidation sites excluding steroid dienone is 4. The van der Waals surface area contributed by atoms with Gasteiger partial charge in [-0.15, -0.1) is 0 Å². The van der Waals surface area contributed by atoms with Crippen molar-refractivity contribution in [3.8, 4) is 0 Å². The highest BCUT2D eigenvalue weighted by Gasteiger charge is 2.25. The first-order chi connectivity index (χ1) is 6.38. The van der Waals surface area contributed by atoms with Gasteiger partial charge in [-0.3, -0.25) is 0 Å². The number of fused-ring (bicyclic) bond motifs is 1. The molecule has 0 heterocycles. The molecule has 80 valence electrons. The molecule has 0 aromatic rings. The first kappa shape index (κ1) is 11.6. The number of rotatable bonds is 0. The van der Waals surface area contributed by atoms with Crippen molar-refractivity contribution in [1.29, 1.82) is 0 Å². The van der Waals surface area contributed by atoms with Crippen LogP contribution in [0, 0.1) is 17.8 Å². The van der Waals surface area contributed by atoms with Crippen molar-refractivity contribution in [2.24, 2.45) is 17.8 Å². The van der Waals surface area contributed by atoms with Crippen molar-refractivity contribution in [3.05, 3.63) is 24.3 Å². The standard InChI is InChI=1S/C13H20.CH4/c1-11-7-3-2-4-8-12-9-5-6-10-13(11)12;/h3,5,7,9,11-13H,2,4,6,8,10H2,1H3;1H4. The molecular weight excluding hydrogens is 168 g/mol. The van der Waals surface area contributed by atoms with E-state index in [1.807, 2.05) is 0 Å². The third kappa shape index (κ3) is 2.50. The minimum atomic E-state index is 0. The maximum atomic E-state index is 2.48. The van der Waals surface area contributed by atoms with Crippen LogP contribution in [0.25, 0.3) is 0 Å². The van der Waals surface area contributed by atoms with E-state index < -0.39 is 0 Å². The van der Waals surface area contributed by atoms with Gasteiger partial charge in [-0.25, -0.2) is 0 Å². The molecule has 2 rings (SSSR count). The Labute approximate surface area is 89.1 Å². The molecule has 0 heteroatoms. The van der Waals surface area contributed by atoms with Crippen molar-refractivity contribution in [3.63, 3.8) is 0 Å². The molecule has 0 fully saturated rings. The molecule has 0 radical (unpaired) electrons. The van der Waals surface area contributed by atoms with Crippen molar-refractivity contribution in [1.82, 2.24) is 0 Å². The fourth-order valence-electron chi connectivity index (χ4n) is 2.80. The molecule has 0 saturated heterocycles. The van der Waals surface area contributed by atoms with Crippen LogP contribution in [0.4, 0.5) is 0 Å². The molecule has 2 aliphatic rings. The predicted octanol–water partition coefficient (Wildman–Crippen LogP) is 4.58. The van der Waals surface area contributed by atoms with E-state index >= 15 is 0 Å². The molecule has 0 aliphatic heterocycles. The highest BCUT2D eigenvalue weighted by Crippen LogP contribution is 2.36. The summed E-state index contributed by atoms with van der Waals surface area (Å²) in [5, 5.41) is 0. The summed E-state index contributed by atoms with van der Waals surface area (Å²) in [6.07, 6.45) is 16.5. The van der Waals surface area contributed by atoms with Crippen LogP contribution >= 0.6 is 0 Å². The van der Waals surface area contributed by atoms with Gasteiger partial charge in [0.1, 0.15) is 0 Å². The normalized spacial score (nSPS) is 36.5. The molecule has 0 N–H and O–H groups in total. The average Bonchev–Trinajstić information content (AvgIpc) is 2.14. The van der Waals surface area contributed by atoms with Crippen molar-refractivity contribution in [2.45, 2.75) is 46.5 Å². The molecule has 0 nitrogen and oxygen atoms in total. The zero-order valence-corrected chi connectivity index (χ0v) is 8.58. The maximum absolute atomic E-state index is 2.48. The molecule has 0 aromatic carbocycles. The molecule has 0 amide bonds. The highest BCUT2D eigenvalue weighted by molar-refractivity contribution is 5.03. The van der Waals surface area contributed by atoms with Crippen LogP contribution in [0.2, 0.25) is 0 Å². The second kappa shape index (κ2) is 5.38. The lowest BCUT2D eigenvalue weighted by Gasteiger charge is -2.32. The monoisotopic (exact) mass is 192 g/mol. The van der Waals surface area contributed by atoms with Crippen LogP contribution in [0.1, 0.15) is 46.5 Å². The summed E-state index contributed by atoms with van der Waals surface area (Å²) in [5.41, 5.74) is 0. The summed E-state index contributed by atoms with van der Waals surface area (Å²) in [4.78, 5) is 0. The molecule has 0 spiro atoms. The summed E-state index contributed by atoms with van der Waals surface area (Å²) >= 11 is 0. The van der Waals surface area contributed by atoms with Crippen LogP contribution in [-0.2, 0) is 0 Å². The zero-order valence-electron chi connectivity index (χ0n) is 8.58. The quantitative estimate of drug-likeness (QED) is 0.493. The first-order valence-electron chi connectivity index (χ1n) is 5.71. The van der Waals surface area contributed by atoms with E-state index in [0.717, 1.165) is 17.8 Å². The van der Waals surface area contributed by atoms with E-state index in [1.165, 1.54) is 32.1 Å². The third-order valence-electron chi connectivity index (χ3n) is 3.62. The highest BCUT2D eigenvalue weighted by atomic mass is 14.3. The molecule has 0 saturated carbocycles. The van der Waals surface area contributed by atoms with Crippen molar-refractivity contribution >= 4 is 0 Å². The number of hydrogen-bond acceptors (Lipinski definition) is 0. The van der Waals surface area contributed by atoms with Gasteiger partial charge in [0.05, 0.1) is 0 Å². The lowest BCUT2D eigenvalue weighted by molar-refractivity contribution is 0.269. The van der Waals surface area contributed by atoms with Gasteiger partial charge in [0.2, 0.25) is 0 Å². The van der Waals surface area contributed by atoms with Gasteiger partial charge < -0.3 is 0 Å². The Kier molecular flexibility index (Phi) is 4.44. The summed E-state index contributed by atoms with van der Waals surface area (Å²) < 4.78 is 0. The topological polar surface area (TPSA) is 0 Å². The lowest BCUT2D eigenvalue weighted by atomic mass is 9.73. The Hall–Kier alpha value is -0.520.